The molecule has 0 atom stereocenters. The maximum absolute atomic E-state index is 11.8. The molecule has 0 aliphatic rings. The monoisotopic (exact) mass is 319 g/mol. The van der Waals surface area contributed by atoms with Gasteiger partial charge in [0.05, 0.1) is 12.3 Å². The predicted molar refractivity (Wildman–Crippen MR) is 84.5 cm³/mol. The number of aromatic nitrogens is 1. The largest absolute Gasteiger partial charge is 0.317 e. The lowest BCUT2D eigenvalue weighted by molar-refractivity contribution is 0.572. The van der Waals surface area contributed by atoms with E-state index in [2.05, 4.69) is 28.9 Å². The zero-order valence-corrected chi connectivity index (χ0v) is 13.9. The molecule has 0 aromatic carbocycles. The van der Waals surface area contributed by atoms with E-state index in [1.165, 1.54) is 4.88 Å². The molecule has 0 radical (unpaired) electrons. The molecule has 2 N–H and O–H groups in total. The zero-order chi connectivity index (χ0) is 14.8. The molecule has 0 saturated heterocycles. The van der Waals surface area contributed by atoms with E-state index in [0.29, 0.717) is 13.0 Å². The van der Waals surface area contributed by atoms with Crippen LogP contribution in [-0.2, 0) is 23.0 Å². The van der Waals surface area contributed by atoms with Gasteiger partial charge < -0.3 is 5.32 Å². The van der Waals surface area contributed by atoms with Gasteiger partial charge in [-0.15, -0.1) is 11.3 Å². The normalized spacial score (nSPS) is 11.9. The second-order valence-corrected chi connectivity index (χ2v) is 7.80. The van der Waals surface area contributed by atoms with Crippen molar-refractivity contribution in [3.8, 4) is 0 Å². The van der Waals surface area contributed by atoms with Crippen molar-refractivity contribution in [1.29, 1.82) is 0 Å². The van der Waals surface area contributed by atoms with Crippen LogP contribution in [0.5, 0.6) is 0 Å². The van der Waals surface area contributed by atoms with E-state index in [4.69, 9.17) is 0 Å². The fourth-order valence-electron chi connectivity index (χ4n) is 1.68. The minimum Gasteiger partial charge on any atom is -0.317 e. The lowest BCUT2D eigenvalue weighted by Crippen LogP contribution is -2.26. The Bertz CT molecular complexity index is 472. The average molecular weight is 319 g/mol. The summed E-state index contributed by atoms with van der Waals surface area (Å²) in [4.78, 5) is 5.38. The molecular formula is C13H25N3O2S2. The molecule has 1 aromatic rings. The van der Waals surface area contributed by atoms with Crippen molar-refractivity contribution in [2.75, 3.05) is 18.8 Å². The molecule has 0 aliphatic heterocycles. The number of hydrogen-bond acceptors (Lipinski definition) is 5. The van der Waals surface area contributed by atoms with Gasteiger partial charge in [-0.3, -0.25) is 0 Å². The van der Waals surface area contributed by atoms with Crippen molar-refractivity contribution in [3.63, 3.8) is 0 Å². The Morgan fingerprint density at radius 3 is 2.70 bits per heavy atom. The number of nitrogens with one attached hydrogen (secondary N) is 2. The van der Waals surface area contributed by atoms with E-state index >= 15 is 0 Å². The van der Waals surface area contributed by atoms with Gasteiger partial charge in [0.1, 0.15) is 5.01 Å². The first-order valence-corrected chi connectivity index (χ1v) is 9.66. The highest BCUT2D eigenvalue weighted by Gasteiger charge is 2.10. The zero-order valence-electron chi connectivity index (χ0n) is 12.3. The number of aryl methyl sites for hydroxylation is 1. The van der Waals surface area contributed by atoms with E-state index in [9.17, 15) is 8.42 Å². The van der Waals surface area contributed by atoms with Crippen LogP contribution < -0.4 is 10.0 Å². The van der Waals surface area contributed by atoms with Crippen LogP contribution >= 0.6 is 11.3 Å². The van der Waals surface area contributed by atoms with E-state index in [0.717, 1.165) is 37.4 Å². The Labute approximate surface area is 126 Å². The summed E-state index contributed by atoms with van der Waals surface area (Å²) in [5, 5.41) is 4.09. The highest BCUT2D eigenvalue weighted by molar-refractivity contribution is 7.89. The van der Waals surface area contributed by atoms with Crippen molar-refractivity contribution < 1.29 is 8.42 Å². The second kappa shape index (κ2) is 9.44. The lowest BCUT2D eigenvalue weighted by Gasteiger charge is -2.05. The summed E-state index contributed by atoms with van der Waals surface area (Å²) >= 11 is 1.56. The highest BCUT2D eigenvalue weighted by Crippen LogP contribution is 2.13. The molecule has 0 amide bonds. The fourth-order valence-corrected chi connectivity index (χ4v) is 3.66. The first-order chi connectivity index (χ1) is 9.57. The van der Waals surface area contributed by atoms with Crippen LogP contribution in [0.15, 0.2) is 6.20 Å². The van der Waals surface area contributed by atoms with Gasteiger partial charge in [-0.2, -0.15) is 0 Å². The third-order valence-electron chi connectivity index (χ3n) is 2.84. The molecule has 0 unspecified atom stereocenters. The highest BCUT2D eigenvalue weighted by atomic mass is 32.2. The van der Waals surface area contributed by atoms with Crippen molar-refractivity contribution in [1.82, 2.24) is 15.0 Å². The molecule has 1 rings (SSSR count). The molecule has 0 spiro atoms. The molecule has 0 aliphatic carbocycles. The Morgan fingerprint density at radius 2 is 2.05 bits per heavy atom. The number of unbranched alkanes of at least 4 members (excludes halogenated alkanes) is 1. The molecule has 20 heavy (non-hydrogen) atoms. The van der Waals surface area contributed by atoms with Gasteiger partial charge in [0, 0.05) is 11.1 Å². The second-order valence-electron chi connectivity index (χ2n) is 4.67. The van der Waals surface area contributed by atoms with Crippen LogP contribution in [0.3, 0.4) is 0 Å². The standard InChI is InChI=1S/C13H25N3O2S2/c1-3-7-14-8-5-6-9-20(17,18)16-11-13-15-10-12(4-2)19-13/h10,14,16H,3-9,11H2,1-2H3. The van der Waals surface area contributed by atoms with Crippen LogP contribution in [0.25, 0.3) is 0 Å². The molecule has 1 heterocycles. The number of thiazole rings is 1. The van der Waals surface area contributed by atoms with Gasteiger partial charge >= 0.3 is 0 Å². The average Bonchev–Trinajstić information content (AvgIpc) is 2.89. The first-order valence-electron chi connectivity index (χ1n) is 7.19. The molecule has 0 saturated carbocycles. The van der Waals surface area contributed by atoms with E-state index in [1.807, 2.05) is 6.20 Å². The first kappa shape index (κ1) is 17.6. The molecule has 7 heteroatoms. The van der Waals surface area contributed by atoms with Crippen LogP contribution in [0.2, 0.25) is 0 Å². The summed E-state index contributed by atoms with van der Waals surface area (Å²) in [5.41, 5.74) is 0. The summed E-state index contributed by atoms with van der Waals surface area (Å²) in [7, 11) is -3.18. The molecular weight excluding hydrogens is 294 g/mol. The van der Waals surface area contributed by atoms with Crippen LogP contribution in [0, 0.1) is 0 Å². The summed E-state index contributed by atoms with van der Waals surface area (Å²) in [5.74, 6) is 0.187. The maximum atomic E-state index is 11.8. The van der Waals surface area contributed by atoms with Crippen LogP contribution in [0.4, 0.5) is 0 Å². The van der Waals surface area contributed by atoms with Crippen molar-refractivity contribution in [2.24, 2.45) is 0 Å². The summed E-state index contributed by atoms with van der Waals surface area (Å²) in [6, 6.07) is 0. The third kappa shape index (κ3) is 7.33. The minimum absolute atomic E-state index is 0.187. The number of rotatable bonds is 11. The summed E-state index contributed by atoms with van der Waals surface area (Å²) in [6.45, 7) is 6.36. The van der Waals surface area contributed by atoms with Crippen LogP contribution in [-0.4, -0.2) is 32.2 Å². The Kier molecular flexibility index (Phi) is 8.28. The van der Waals surface area contributed by atoms with Crippen molar-refractivity contribution >= 4 is 21.4 Å². The Morgan fingerprint density at radius 1 is 1.25 bits per heavy atom. The molecule has 116 valence electrons. The number of sulfonamides is 1. The SMILES string of the molecule is CCCNCCCCS(=O)(=O)NCc1ncc(CC)s1. The molecule has 0 bridgehead atoms. The van der Waals surface area contributed by atoms with Gasteiger partial charge in [0.25, 0.3) is 0 Å². The van der Waals surface area contributed by atoms with Gasteiger partial charge in [-0.1, -0.05) is 13.8 Å². The van der Waals surface area contributed by atoms with E-state index < -0.39 is 10.0 Å². The summed E-state index contributed by atoms with van der Waals surface area (Å²) < 4.78 is 26.2. The van der Waals surface area contributed by atoms with E-state index in [1.54, 1.807) is 11.3 Å². The topological polar surface area (TPSA) is 71.1 Å². The number of hydrogen-bond donors (Lipinski definition) is 2. The van der Waals surface area contributed by atoms with Gasteiger partial charge in [-0.05, 0) is 38.8 Å². The molecule has 1 aromatic heterocycles. The molecule has 5 nitrogen and oxygen atoms in total. The summed E-state index contributed by atoms with van der Waals surface area (Å²) in [6.07, 6.45) is 5.43. The molecule has 0 fully saturated rings. The quantitative estimate of drug-likeness (QED) is 0.611. The van der Waals surface area contributed by atoms with E-state index in [-0.39, 0.29) is 5.75 Å². The number of nitrogens with zero attached hydrogens (tertiary/aromatic N) is 1. The minimum atomic E-state index is -3.18. The van der Waals surface area contributed by atoms with Crippen molar-refractivity contribution in [3.05, 3.63) is 16.1 Å². The Hall–Kier alpha value is -0.500. The van der Waals surface area contributed by atoms with Gasteiger partial charge in [-0.25, -0.2) is 18.1 Å². The predicted octanol–water partition coefficient (Wildman–Crippen LogP) is 1.90. The third-order valence-corrected chi connectivity index (χ3v) is 5.39. The lowest BCUT2D eigenvalue weighted by atomic mass is 10.3. The fraction of sp³-hybridized carbons (Fsp3) is 0.769. The van der Waals surface area contributed by atoms with Crippen molar-refractivity contribution in [2.45, 2.75) is 46.1 Å². The van der Waals surface area contributed by atoms with Gasteiger partial charge in [0.15, 0.2) is 0 Å². The van der Waals surface area contributed by atoms with Gasteiger partial charge in [0.2, 0.25) is 10.0 Å². The Balaban J connectivity index is 2.20. The van der Waals surface area contributed by atoms with Crippen LogP contribution in [0.1, 0.15) is 43.0 Å². The smallest absolute Gasteiger partial charge is 0.211 e. The maximum Gasteiger partial charge on any atom is 0.211 e.